The van der Waals surface area contributed by atoms with Crippen LogP contribution in [0.2, 0.25) is 15.1 Å². The first kappa shape index (κ1) is 24.0. The summed E-state index contributed by atoms with van der Waals surface area (Å²) in [6.45, 7) is 3.09. The Kier molecular flexibility index (Phi) is 7.67. The van der Waals surface area contributed by atoms with Crippen molar-refractivity contribution >= 4 is 46.5 Å². The van der Waals surface area contributed by atoms with E-state index in [1.807, 2.05) is 25.1 Å². The summed E-state index contributed by atoms with van der Waals surface area (Å²) in [6.07, 6.45) is 1.61. The number of benzene rings is 2. The lowest BCUT2D eigenvalue weighted by Crippen LogP contribution is -2.12. The molecule has 0 aliphatic heterocycles. The van der Waals surface area contributed by atoms with Gasteiger partial charge in [-0.2, -0.15) is 5.10 Å². The van der Waals surface area contributed by atoms with E-state index in [0.29, 0.717) is 39.7 Å². The molecule has 2 heterocycles. The highest BCUT2D eigenvalue weighted by molar-refractivity contribution is 6.42. The lowest BCUT2D eigenvalue weighted by molar-refractivity contribution is 0.0992. The fourth-order valence-corrected chi connectivity index (χ4v) is 3.61. The van der Waals surface area contributed by atoms with Crippen LogP contribution in [-0.2, 0) is 13.2 Å². The van der Waals surface area contributed by atoms with Gasteiger partial charge in [0.1, 0.15) is 28.9 Å². The molecule has 4 rings (SSSR count). The Balaban J connectivity index is 1.34. The number of furan rings is 1. The number of rotatable bonds is 9. The maximum Gasteiger partial charge on any atom is 0.292 e. The smallest absolute Gasteiger partial charge is 0.292 e. The fraction of sp³-hybridized carbons (Fsp3) is 0.167. The second-order valence-electron chi connectivity index (χ2n) is 7.18. The maximum absolute atomic E-state index is 12.6. The number of nitrogens with one attached hydrogen (secondary N) is 1. The summed E-state index contributed by atoms with van der Waals surface area (Å²) in [5, 5.41) is 8.20. The Labute approximate surface area is 211 Å². The molecule has 0 atom stereocenters. The molecule has 176 valence electrons. The molecule has 0 saturated heterocycles. The minimum atomic E-state index is -0.478. The molecule has 0 radical (unpaired) electrons. The monoisotopic (exact) mass is 519 g/mol. The number of nitrogens with zero attached hydrogens (tertiary/aromatic N) is 2. The predicted molar refractivity (Wildman–Crippen MR) is 131 cm³/mol. The van der Waals surface area contributed by atoms with Gasteiger partial charge >= 0.3 is 0 Å². The quantitative estimate of drug-likeness (QED) is 0.265. The molecule has 1 N–H and O–H groups in total. The first-order valence-corrected chi connectivity index (χ1v) is 11.5. The van der Waals surface area contributed by atoms with Gasteiger partial charge in [-0.1, -0.05) is 40.9 Å². The van der Waals surface area contributed by atoms with Gasteiger partial charge in [0.25, 0.3) is 5.91 Å². The molecule has 34 heavy (non-hydrogen) atoms. The number of hydrogen-bond acceptors (Lipinski definition) is 5. The lowest BCUT2D eigenvalue weighted by Gasteiger charge is -2.06. The van der Waals surface area contributed by atoms with Crippen molar-refractivity contribution in [3.05, 3.63) is 92.9 Å². The Bertz CT molecular complexity index is 1290. The Morgan fingerprint density at radius 3 is 2.41 bits per heavy atom. The van der Waals surface area contributed by atoms with Gasteiger partial charge in [-0.15, -0.1) is 0 Å². The van der Waals surface area contributed by atoms with Crippen LogP contribution in [0.25, 0.3) is 0 Å². The Morgan fingerprint density at radius 2 is 1.71 bits per heavy atom. The molecule has 0 saturated carbocycles. The molecule has 0 spiro atoms. The van der Waals surface area contributed by atoms with E-state index in [1.165, 1.54) is 0 Å². The third-order valence-corrected chi connectivity index (χ3v) is 5.69. The molecule has 10 heteroatoms. The first-order valence-electron chi connectivity index (χ1n) is 10.3. The number of halogens is 3. The van der Waals surface area contributed by atoms with Crippen LogP contribution >= 0.6 is 34.8 Å². The van der Waals surface area contributed by atoms with Gasteiger partial charge in [-0.25, -0.2) is 0 Å². The number of amides is 1. The second-order valence-corrected chi connectivity index (χ2v) is 8.41. The zero-order valence-corrected chi connectivity index (χ0v) is 20.3. The van der Waals surface area contributed by atoms with Gasteiger partial charge in [-0.3, -0.25) is 9.48 Å². The van der Waals surface area contributed by atoms with Gasteiger partial charge < -0.3 is 19.2 Å². The van der Waals surface area contributed by atoms with Crippen LogP contribution in [0.4, 0.5) is 5.82 Å². The topological polar surface area (TPSA) is 78.5 Å². The molecule has 7 nitrogen and oxygen atoms in total. The zero-order valence-electron chi connectivity index (χ0n) is 18.1. The number of carbonyl (C=O) groups is 1. The molecule has 0 bridgehead atoms. The highest BCUT2D eigenvalue weighted by atomic mass is 35.5. The van der Waals surface area contributed by atoms with E-state index < -0.39 is 5.91 Å². The molecule has 0 aliphatic carbocycles. The van der Waals surface area contributed by atoms with Crippen LogP contribution in [0.5, 0.6) is 11.5 Å². The summed E-state index contributed by atoms with van der Waals surface area (Å²) in [5.74, 6) is 1.77. The summed E-state index contributed by atoms with van der Waals surface area (Å²) >= 11 is 18.3. The van der Waals surface area contributed by atoms with E-state index in [2.05, 4.69) is 10.4 Å². The van der Waals surface area contributed by atoms with Crippen molar-refractivity contribution in [3.8, 4) is 11.5 Å². The number of carbonyl (C=O) groups excluding carboxylic acids is 1. The van der Waals surface area contributed by atoms with E-state index in [0.717, 1.165) is 11.3 Å². The van der Waals surface area contributed by atoms with Crippen molar-refractivity contribution in [1.29, 1.82) is 0 Å². The number of hydrogen-bond donors (Lipinski definition) is 1. The van der Waals surface area contributed by atoms with E-state index in [-0.39, 0.29) is 18.2 Å². The minimum absolute atomic E-state index is 0.111. The fourth-order valence-electron chi connectivity index (χ4n) is 3.09. The molecular weight excluding hydrogens is 501 g/mol. The molecular formula is C24H20Cl3N3O4. The van der Waals surface area contributed by atoms with Crippen molar-refractivity contribution in [2.45, 2.75) is 20.1 Å². The van der Waals surface area contributed by atoms with E-state index in [4.69, 9.17) is 48.7 Å². The van der Waals surface area contributed by atoms with E-state index in [1.54, 1.807) is 47.3 Å². The molecule has 0 fully saturated rings. The van der Waals surface area contributed by atoms with Crippen molar-refractivity contribution < 1.29 is 18.7 Å². The average molecular weight is 521 g/mol. The highest BCUT2D eigenvalue weighted by Gasteiger charge is 2.16. The number of aromatic nitrogens is 2. The van der Waals surface area contributed by atoms with Crippen LogP contribution in [0, 0.1) is 0 Å². The molecule has 1 amide bonds. The molecule has 2 aromatic carbocycles. The van der Waals surface area contributed by atoms with Crippen molar-refractivity contribution in [1.82, 2.24) is 9.78 Å². The molecule has 0 unspecified atom stereocenters. The third-order valence-electron chi connectivity index (χ3n) is 4.68. The van der Waals surface area contributed by atoms with Crippen molar-refractivity contribution in [2.24, 2.45) is 0 Å². The summed E-state index contributed by atoms with van der Waals surface area (Å²) in [4.78, 5) is 12.6. The van der Waals surface area contributed by atoms with Crippen molar-refractivity contribution in [2.75, 3.05) is 11.9 Å². The first-order chi connectivity index (χ1) is 16.4. The highest BCUT2D eigenvalue weighted by Crippen LogP contribution is 2.25. The van der Waals surface area contributed by atoms with E-state index in [9.17, 15) is 4.79 Å². The average Bonchev–Trinajstić information content (AvgIpc) is 3.43. The SMILES string of the molecule is CCOc1ccc(OCc2ccc(C(=O)Nc3nn(Cc4ccc(Cl)c(Cl)c4)cc3Cl)o2)cc1. The number of anilines is 1. The molecule has 0 aliphatic rings. The van der Waals surface area contributed by atoms with Gasteiger partial charge in [0.05, 0.1) is 23.2 Å². The van der Waals surface area contributed by atoms with Crippen LogP contribution in [-0.4, -0.2) is 22.3 Å². The summed E-state index contributed by atoms with van der Waals surface area (Å²) < 4.78 is 18.3. The number of ether oxygens (including phenoxy) is 2. The standard InChI is InChI=1S/C24H20Cl3N3O4/c1-2-32-16-4-6-17(7-5-16)33-14-18-8-10-22(34-18)24(31)28-23-21(27)13-30(29-23)12-15-3-9-19(25)20(26)11-15/h3-11,13H,2,12,14H2,1H3,(H,28,29,31). The maximum atomic E-state index is 12.6. The second kappa shape index (κ2) is 10.9. The Morgan fingerprint density at radius 1 is 0.971 bits per heavy atom. The Hall–Kier alpha value is -3.13. The van der Waals surface area contributed by atoms with Gasteiger partial charge in [0, 0.05) is 6.20 Å². The van der Waals surface area contributed by atoms with Crippen LogP contribution < -0.4 is 14.8 Å². The minimum Gasteiger partial charge on any atom is -0.494 e. The third kappa shape index (κ3) is 6.05. The summed E-state index contributed by atoms with van der Waals surface area (Å²) in [7, 11) is 0. The predicted octanol–water partition coefficient (Wildman–Crippen LogP) is 6.71. The van der Waals surface area contributed by atoms with Crippen LogP contribution in [0.15, 0.2) is 65.2 Å². The van der Waals surface area contributed by atoms with Crippen LogP contribution in [0.3, 0.4) is 0 Å². The largest absolute Gasteiger partial charge is 0.494 e. The van der Waals surface area contributed by atoms with Crippen LogP contribution in [0.1, 0.15) is 28.8 Å². The zero-order chi connectivity index (χ0) is 24.1. The van der Waals surface area contributed by atoms with Crippen molar-refractivity contribution in [3.63, 3.8) is 0 Å². The van der Waals surface area contributed by atoms with Gasteiger partial charge in [0.15, 0.2) is 11.6 Å². The van der Waals surface area contributed by atoms with E-state index >= 15 is 0 Å². The summed E-state index contributed by atoms with van der Waals surface area (Å²) in [5.41, 5.74) is 0.884. The molecule has 4 aromatic rings. The lowest BCUT2D eigenvalue weighted by atomic mass is 10.2. The van der Waals surface area contributed by atoms with Gasteiger partial charge in [0.2, 0.25) is 0 Å². The molecule has 2 aromatic heterocycles. The van der Waals surface area contributed by atoms with Gasteiger partial charge in [-0.05, 0) is 61.0 Å². The normalized spacial score (nSPS) is 10.8. The summed E-state index contributed by atoms with van der Waals surface area (Å²) in [6, 6.07) is 15.8.